The molecule has 1 aliphatic heterocycles. The highest BCUT2D eigenvalue weighted by Gasteiger charge is 2.55. The zero-order valence-corrected chi connectivity index (χ0v) is 14.5. The highest BCUT2D eigenvalue weighted by molar-refractivity contribution is 5.81. The number of ether oxygens (including phenoxy) is 2. The Morgan fingerprint density at radius 2 is 1.24 bits per heavy atom. The molecule has 0 bridgehead atoms. The van der Waals surface area contributed by atoms with Gasteiger partial charge in [0, 0.05) is 12.8 Å². The van der Waals surface area contributed by atoms with Gasteiger partial charge in [0.2, 0.25) is 0 Å². The van der Waals surface area contributed by atoms with Gasteiger partial charge < -0.3 is 9.47 Å². The van der Waals surface area contributed by atoms with Crippen LogP contribution < -0.4 is 0 Å². The van der Waals surface area contributed by atoms with Crippen LogP contribution in [0.2, 0.25) is 0 Å². The van der Waals surface area contributed by atoms with Crippen LogP contribution in [0.1, 0.15) is 43.2 Å². The Hall–Kier alpha value is -1.64. The molecule has 2 aromatic rings. The maximum absolute atomic E-state index is 6.59. The second kappa shape index (κ2) is 4.96. The van der Waals surface area contributed by atoms with Crippen LogP contribution >= 0.6 is 0 Å². The number of hydrogen-bond acceptors (Lipinski definition) is 2. The van der Waals surface area contributed by atoms with Crippen LogP contribution in [0.15, 0.2) is 48.5 Å². The highest BCUT2D eigenvalue weighted by atomic mass is 16.7. The summed E-state index contributed by atoms with van der Waals surface area (Å²) in [5, 5.41) is 0. The van der Waals surface area contributed by atoms with E-state index in [1.807, 2.05) is 0 Å². The lowest BCUT2D eigenvalue weighted by Gasteiger charge is -2.44. The van der Waals surface area contributed by atoms with Gasteiger partial charge in [-0.25, -0.2) is 0 Å². The molecule has 128 valence electrons. The summed E-state index contributed by atoms with van der Waals surface area (Å²) in [5.74, 6) is 1.36. The quantitative estimate of drug-likeness (QED) is 0.683. The summed E-state index contributed by atoms with van der Waals surface area (Å²) in [7, 11) is 0. The first-order chi connectivity index (χ1) is 12.3. The molecule has 1 saturated heterocycles. The zero-order chi connectivity index (χ0) is 16.5. The Kier molecular flexibility index (Phi) is 2.88. The number of fused-ring (bicyclic) bond motifs is 6. The molecule has 1 heterocycles. The van der Waals surface area contributed by atoms with Crippen molar-refractivity contribution in [2.75, 3.05) is 13.2 Å². The van der Waals surface area contributed by atoms with E-state index < -0.39 is 0 Å². The fourth-order valence-electron chi connectivity index (χ4n) is 6.09. The van der Waals surface area contributed by atoms with E-state index in [0.717, 1.165) is 37.9 Å². The molecule has 2 atom stereocenters. The van der Waals surface area contributed by atoms with Crippen LogP contribution in [0.5, 0.6) is 0 Å². The zero-order valence-electron chi connectivity index (χ0n) is 14.5. The Bertz CT molecular complexity index is 770. The van der Waals surface area contributed by atoms with Crippen LogP contribution in [-0.2, 0) is 14.9 Å². The first kappa shape index (κ1) is 14.5. The molecule has 2 nitrogen and oxygen atoms in total. The van der Waals surface area contributed by atoms with E-state index in [2.05, 4.69) is 48.5 Å². The van der Waals surface area contributed by atoms with Gasteiger partial charge in [-0.2, -0.15) is 0 Å². The molecule has 0 radical (unpaired) electrons. The minimum Gasteiger partial charge on any atom is -0.349 e. The molecule has 3 aliphatic carbocycles. The average molecular weight is 332 g/mol. The molecule has 3 fully saturated rings. The first-order valence-corrected chi connectivity index (χ1v) is 9.77. The van der Waals surface area contributed by atoms with E-state index in [1.54, 1.807) is 0 Å². The van der Waals surface area contributed by atoms with Gasteiger partial charge >= 0.3 is 0 Å². The SMILES string of the molecule is c1ccc2c(c1)-c1ccccc1C21COC2(CC3CCCC3C2)OC1. The van der Waals surface area contributed by atoms with E-state index in [0.29, 0.717) is 0 Å². The molecule has 2 aromatic carbocycles. The second-order valence-corrected chi connectivity index (χ2v) is 8.52. The average Bonchev–Trinajstić information content (AvgIpc) is 3.29. The summed E-state index contributed by atoms with van der Waals surface area (Å²) < 4.78 is 13.2. The van der Waals surface area contributed by atoms with Crippen molar-refractivity contribution in [3.8, 4) is 11.1 Å². The molecule has 2 spiro atoms. The van der Waals surface area contributed by atoms with Crippen molar-refractivity contribution in [1.29, 1.82) is 0 Å². The van der Waals surface area contributed by atoms with Gasteiger partial charge in [0.15, 0.2) is 5.79 Å². The first-order valence-electron chi connectivity index (χ1n) is 9.77. The number of rotatable bonds is 0. The van der Waals surface area contributed by atoms with Crippen molar-refractivity contribution in [3.63, 3.8) is 0 Å². The standard InChI is InChI=1S/C23H24O2/c1-3-10-20-18(8-1)19-9-2-4-11-21(19)22(20)14-24-23(25-15-22)12-16-6-5-7-17(16)13-23/h1-4,8-11,16-17H,5-7,12-15H2. The van der Waals surface area contributed by atoms with Crippen LogP contribution in [-0.4, -0.2) is 19.0 Å². The van der Waals surface area contributed by atoms with Crippen LogP contribution in [0.4, 0.5) is 0 Å². The van der Waals surface area contributed by atoms with Crippen molar-refractivity contribution >= 4 is 0 Å². The number of hydrogen-bond donors (Lipinski definition) is 0. The molecule has 25 heavy (non-hydrogen) atoms. The van der Waals surface area contributed by atoms with Crippen LogP contribution in [0.25, 0.3) is 11.1 Å². The molecular weight excluding hydrogens is 308 g/mol. The summed E-state index contributed by atoms with van der Waals surface area (Å²) in [5.41, 5.74) is 5.33. The van der Waals surface area contributed by atoms with Gasteiger partial charge in [0.1, 0.15) is 0 Å². The number of benzene rings is 2. The molecule has 2 saturated carbocycles. The van der Waals surface area contributed by atoms with E-state index in [9.17, 15) is 0 Å². The fraction of sp³-hybridized carbons (Fsp3) is 0.478. The fourth-order valence-corrected chi connectivity index (χ4v) is 6.09. The van der Waals surface area contributed by atoms with Crippen LogP contribution in [0, 0.1) is 11.8 Å². The summed E-state index contributed by atoms with van der Waals surface area (Å²) >= 11 is 0. The van der Waals surface area contributed by atoms with Crippen molar-refractivity contribution < 1.29 is 9.47 Å². The van der Waals surface area contributed by atoms with Crippen LogP contribution in [0.3, 0.4) is 0 Å². The minimum absolute atomic E-state index is 0.129. The predicted molar refractivity (Wildman–Crippen MR) is 97.4 cm³/mol. The molecular formula is C23H24O2. The van der Waals surface area contributed by atoms with E-state index in [4.69, 9.17) is 9.47 Å². The van der Waals surface area contributed by atoms with Crippen molar-refractivity contribution in [3.05, 3.63) is 59.7 Å². The highest BCUT2D eigenvalue weighted by Crippen LogP contribution is 2.56. The Balaban J connectivity index is 1.38. The van der Waals surface area contributed by atoms with Gasteiger partial charge in [0.05, 0.1) is 18.6 Å². The van der Waals surface area contributed by atoms with E-state index in [-0.39, 0.29) is 11.2 Å². The molecule has 0 N–H and O–H groups in total. The third-order valence-corrected chi connectivity index (χ3v) is 7.30. The molecule has 4 aliphatic rings. The third-order valence-electron chi connectivity index (χ3n) is 7.30. The van der Waals surface area contributed by atoms with Gasteiger partial charge in [-0.15, -0.1) is 0 Å². The summed E-state index contributed by atoms with van der Waals surface area (Å²) in [6.45, 7) is 1.50. The smallest absolute Gasteiger partial charge is 0.168 e. The van der Waals surface area contributed by atoms with E-state index >= 15 is 0 Å². The molecule has 0 amide bonds. The molecule has 6 rings (SSSR count). The summed E-state index contributed by atoms with van der Waals surface area (Å²) in [4.78, 5) is 0. The lowest BCUT2D eigenvalue weighted by atomic mass is 9.78. The van der Waals surface area contributed by atoms with Gasteiger partial charge in [-0.05, 0) is 46.9 Å². The van der Waals surface area contributed by atoms with Gasteiger partial charge in [0.25, 0.3) is 0 Å². The lowest BCUT2D eigenvalue weighted by molar-refractivity contribution is -0.282. The molecule has 0 aromatic heterocycles. The van der Waals surface area contributed by atoms with Gasteiger partial charge in [-0.3, -0.25) is 0 Å². The lowest BCUT2D eigenvalue weighted by Crippen LogP contribution is -2.50. The normalized spacial score (nSPS) is 30.4. The Morgan fingerprint density at radius 1 is 0.720 bits per heavy atom. The maximum Gasteiger partial charge on any atom is 0.168 e. The maximum atomic E-state index is 6.59. The monoisotopic (exact) mass is 332 g/mol. The molecule has 2 unspecified atom stereocenters. The minimum atomic E-state index is -0.298. The topological polar surface area (TPSA) is 18.5 Å². The third kappa shape index (κ3) is 1.87. The second-order valence-electron chi connectivity index (χ2n) is 8.52. The largest absolute Gasteiger partial charge is 0.349 e. The van der Waals surface area contributed by atoms with Crippen molar-refractivity contribution in [1.82, 2.24) is 0 Å². The summed E-state index contributed by atoms with van der Waals surface area (Å²) in [6.07, 6.45) is 6.36. The van der Waals surface area contributed by atoms with Gasteiger partial charge in [-0.1, -0.05) is 55.0 Å². The Labute approximate surface area is 149 Å². The van der Waals surface area contributed by atoms with E-state index in [1.165, 1.54) is 41.5 Å². The summed E-state index contributed by atoms with van der Waals surface area (Å²) in [6, 6.07) is 17.6. The van der Waals surface area contributed by atoms with Crippen molar-refractivity contribution in [2.45, 2.75) is 43.3 Å². The van der Waals surface area contributed by atoms with Crippen molar-refractivity contribution in [2.24, 2.45) is 11.8 Å². The Morgan fingerprint density at radius 3 is 1.80 bits per heavy atom. The predicted octanol–water partition coefficient (Wildman–Crippen LogP) is 4.91. The molecule has 2 heteroatoms.